The molecule has 0 saturated heterocycles. The summed E-state index contributed by atoms with van der Waals surface area (Å²) in [6.07, 6.45) is 0. The molecule has 0 N–H and O–H groups in total. The largest absolute Gasteiger partial charge is 0.309 e. The highest BCUT2D eigenvalue weighted by atomic mass is 16.1. The van der Waals surface area contributed by atoms with Gasteiger partial charge in [-0.15, -0.1) is 0 Å². The summed E-state index contributed by atoms with van der Waals surface area (Å²) in [4.78, 5) is 45.2. The van der Waals surface area contributed by atoms with Gasteiger partial charge in [0.15, 0.2) is 5.43 Å². The minimum Gasteiger partial charge on any atom is -0.309 e. The van der Waals surface area contributed by atoms with Gasteiger partial charge >= 0.3 is 0 Å². The summed E-state index contributed by atoms with van der Waals surface area (Å²) in [5, 5.41) is 1.47. The summed E-state index contributed by atoms with van der Waals surface area (Å²) in [6.45, 7) is -0.197. The van der Waals surface area contributed by atoms with E-state index in [9.17, 15) is 4.79 Å². The fourth-order valence-corrected chi connectivity index (χ4v) is 9.12. The fraction of sp³-hybridized carbons (Fsp3) is 0. The quantitative estimate of drug-likeness (QED) is 0.106. The maximum atomic E-state index is 15.1. The van der Waals surface area contributed by atoms with Crippen LogP contribution >= 0.6 is 0 Å². The van der Waals surface area contributed by atoms with Gasteiger partial charge in [-0.25, -0.2) is 9.97 Å². The number of hydrogen-bond acceptors (Lipinski definition) is 6. The predicted molar refractivity (Wildman–Crippen MR) is 221 cm³/mol. The van der Waals surface area contributed by atoms with E-state index in [1.165, 1.54) is 0 Å². The van der Waals surface area contributed by atoms with Crippen molar-refractivity contribution in [1.82, 2.24) is 14.4 Å². The van der Waals surface area contributed by atoms with Crippen LogP contribution in [0.3, 0.4) is 0 Å². The molecular formula is C46H26BN5O2. The lowest BCUT2D eigenvalue weighted by atomic mass is 9.33. The van der Waals surface area contributed by atoms with Crippen molar-refractivity contribution in [1.29, 1.82) is 0 Å². The normalized spacial score (nSPS) is 13.2. The molecule has 0 saturated carbocycles. The molecule has 12 rings (SSSR count). The summed E-state index contributed by atoms with van der Waals surface area (Å²) in [7, 11) is 0. The van der Waals surface area contributed by atoms with Crippen molar-refractivity contribution in [3.05, 3.63) is 178 Å². The van der Waals surface area contributed by atoms with Crippen LogP contribution in [0.25, 0.3) is 49.3 Å². The summed E-state index contributed by atoms with van der Waals surface area (Å²) >= 11 is 0. The zero-order valence-corrected chi connectivity index (χ0v) is 28.6. The van der Waals surface area contributed by atoms with Gasteiger partial charge in [-0.2, -0.15) is 0 Å². The van der Waals surface area contributed by atoms with Gasteiger partial charge in [-0.1, -0.05) is 97.1 Å². The van der Waals surface area contributed by atoms with Gasteiger partial charge in [-0.3, -0.25) is 14.5 Å². The summed E-state index contributed by atoms with van der Waals surface area (Å²) in [5.74, 6) is 0.724. The van der Waals surface area contributed by atoms with Crippen molar-refractivity contribution >= 4 is 107 Å². The van der Waals surface area contributed by atoms with E-state index in [4.69, 9.17) is 9.97 Å². The summed E-state index contributed by atoms with van der Waals surface area (Å²) in [5.41, 5.74) is 10.7. The summed E-state index contributed by atoms with van der Waals surface area (Å²) in [6, 6.07) is 52.7. The first-order chi connectivity index (χ1) is 26.7. The molecule has 0 fully saturated rings. The number of anilines is 6. The van der Waals surface area contributed by atoms with Gasteiger partial charge < -0.3 is 9.30 Å². The highest BCUT2D eigenvalue weighted by molar-refractivity contribution is 7.00. The van der Waals surface area contributed by atoms with Crippen molar-refractivity contribution in [2.45, 2.75) is 0 Å². The molecule has 0 unspecified atom stereocenters. The van der Waals surface area contributed by atoms with Crippen LogP contribution in [0.5, 0.6) is 0 Å². The molecule has 6 heterocycles. The van der Waals surface area contributed by atoms with Crippen molar-refractivity contribution in [2.75, 3.05) is 9.80 Å². The maximum Gasteiger partial charge on any atom is 0.254 e. The predicted octanol–water partition coefficient (Wildman–Crippen LogP) is 7.58. The Balaban J connectivity index is 1.38. The molecule has 0 bridgehead atoms. The molecule has 250 valence electrons. The van der Waals surface area contributed by atoms with Crippen LogP contribution in [0.1, 0.15) is 0 Å². The summed E-state index contributed by atoms with van der Waals surface area (Å²) < 4.78 is 2.04. The van der Waals surface area contributed by atoms with Crippen LogP contribution in [0.2, 0.25) is 0 Å². The molecule has 0 aliphatic carbocycles. The third-order valence-electron chi connectivity index (χ3n) is 11.3. The maximum absolute atomic E-state index is 15.1. The van der Waals surface area contributed by atoms with Gasteiger partial charge in [0.1, 0.15) is 22.4 Å². The molecular weight excluding hydrogens is 665 g/mol. The van der Waals surface area contributed by atoms with E-state index in [1.54, 1.807) is 0 Å². The zero-order chi connectivity index (χ0) is 35.7. The number of aromatic nitrogens is 3. The monoisotopic (exact) mass is 691 g/mol. The van der Waals surface area contributed by atoms with E-state index >= 15 is 4.79 Å². The van der Waals surface area contributed by atoms with Gasteiger partial charge in [-0.05, 0) is 77.1 Å². The molecule has 54 heavy (non-hydrogen) atoms. The molecule has 2 aliphatic heterocycles. The Hall–Kier alpha value is -7.32. The minimum atomic E-state index is -0.215. The van der Waals surface area contributed by atoms with Crippen LogP contribution in [-0.4, -0.2) is 21.1 Å². The fourth-order valence-electron chi connectivity index (χ4n) is 9.12. The number of rotatable bonds is 2. The molecule has 7 nitrogen and oxygen atoms in total. The minimum absolute atomic E-state index is 0.182. The molecule has 0 radical (unpaired) electrons. The average molecular weight is 692 g/mol. The van der Waals surface area contributed by atoms with Crippen molar-refractivity contribution in [3.8, 4) is 0 Å². The number of hydrogen-bond donors (Lipinski definition) is 0. The number of benzene rings is 6. The Morgan fingerprint density at radius 2 is 0.981 bits per heavy atom. The smallest absolute Gasteiger partial charge is 0.254 e. The molecule has 6 aromatic carbocycles. The highest BCUT2D eigenvalue weighted by Gasteiger charge is 2.45. The molecule has 0 atom stereocenters. The second-order valence-electron chi connectivity index (χ2n) is 14.0. The van der Waals surface area contributed by atoms with Crippen LogP contribution in [0, 0.1) is 0 Å². The molecule has 8 heteroatoms. The molecule has 2 aliphatic rings. The second-order valence-corrected chi connectivity index (χ2v) is 14.0. The van der Waals surface area contributed by atoms with Crippen LogP contribution < -0.4 is 37.0 Å². The van der Waals surface area contributed by atoms with E-state index in [-0.39, 0.29) is 23.1 Å². The van der Waals surface area contributed by atoms with E-state index in [0.29, 0.717) is 32.7 Å². The first-order valence-corrected chi connectivity index (χ1v) is 18.1. The lowest BCUT2D eigenvalue weighted by Crippen LogP contribution is -2.61. The highest BCUT2D eigenvalue weighted by Crippen LogP contribution is 2.46. The third kappa shape index (κ3) is 3.66. The van der Waals surface area contributed by atoms with Crippen molar-refractivity contribution < 1.29 is 0 Å². The topological polar surface area (TPSA) is 70.8 Å². The van der Waals surface area contributed by atoms with Gasteiger partial charge in [0.25, 0.3) is 6.71 Å². The average Bonchev–Trinajstić information content (AvgIpc) is 3.23. The lowest BCUT2D eigenvalue weighted by molar-refractivity contribution is 1.19. The Labute approximate surface area is 308 Å². The standard InChI is InChI=1S/C46H26BN5O2/c53-44-29-19-7-11-23-33(29)52-34-24-12-8-20-30(34)45(54)41-42(52)37(44)39-40(48-41)43-38-46(49-39)51(28-17-5-2-6-18-28)36-26-14-10-22-32(36)47(38)31-21-9-13-25-35(31)50(43)27-15-3-1-4-16-27/h1-26H. The number of fused-ring (bicyclic) bond motifs is 11. The second kappa shape index (κ2) is 10.6. The van der Waals surface area contributed by atoms with Crippen molar-refractivity contribution in [3.63, 3.8) is 0 Å². The van der Waals surface area contributed by atoms with Crippen LogP contribution in [-0.2, 0) is 0 Å². The molecule has 10 aromatic rings. The van der Waals surface area contributed by atoms with E-state index in [2.05, 4.69) is 82.6 Å². The van der Waals surface area contributed by atoms with E-state index in [0.717, 1.165) is 61.7 Å². The zero-order valence-electron chi connectivity index (χ0n) is 28.6. The SMILES string of the molecule is O=c1c2ccccc2n2c3ccccc3c(=O)c3c4nc5c6c(c4nc1c32)N(c1ccccc1)c1ccccc1B6c1ccccc1N5c1ccccc1. The molecule has 0 spiro atoms. The molecule has 0 amide bonds. The Bertz CT molecular complexity index is 3330. The number of para-hydroxylation sites is 6. The Morgan fingerprint density at radius 1 is 0.463 bits per heavy atom. The van der Waals surface area contributed by atoms with E-state index in [1.807, 2.05) is 89.3 Å². The first kappa shape index (κ1) is 29.3. The third-order valence-corrected chi connectivity index (χ3v) is 11.3. The van der Waals surface area contributed by atoms with Crippen LogP contribution in [0.4, 0.5) is 34.3 Å². The van der Waals surface area contributed by atoms with Gasteiger partial charge in [0, 0.05) is 33.5 Å². The molecule has 4 aromatic heterocycles. The lowest BCUT2D eigenvalue weighted by Gasteiger charge is -2.43. The van der Waals surface area contributed by atoms with Crippen LogP contribution in [0.15, 0.2) is 167 Å². The Morgan fingerprint density at radius 3 is 1.63 bits per heavy atom. The Kier molecular flexibility index (Phi) is 5.76. The number of pyridine rings is 4. The van der Waals surface area contributed by atoms with Gasteiger partial charge in [0.05, 0.1) is 27.6 Å². The number of nitrogens with zero attached hydrogens (tertiary/aromatic N) is 5. The van der Waals surface area contributed by atoms with Gasteiger partial charge in [0.2, 0.25) is 5.43 Å². The van der Waals surface area contributed by atoms with Crippen molar-refractivity contribution in [2.24, 2.45) is 0 Å². The van der Waals surface area contributed by atoms with E-state index < -0.39 is 0 Å². The first-order valence-electron chi connectivity index (χ1n) is 18.1.